The summed E-state index contributed by atoms with van der Waals surface area (Å²) >= 11 is 14.7. The van der Waals surface area contributed by atoms with Gasteiger partial charge in [0.25, 0.3) is 5.91 Å². The molecule has 0 aliphatic rings. The van der Waals surface area contributed by atoms with Crippen LogP contribution in [0.3, 0.4) is 0 Å². The monoisotopic (exact) mass is 346 g/mol. The van der Waals surface area contributed by atoms with Crippen molar-refractivity contribution in [3.8, 4) is 0 Å². The molecule has 0 bridgehead atoms. The van der Waals surface area contributed by atoms with Gasteiger partial charge in [0.2, 0.25) is 0 Å². The molecule has 0 spiro atoms. The Kier molecular flexibility index (Phi) is 4.11. The largest absolute Gasteiger partial charge is 0.304 e. The summed E-state index contributed by atoms with van der Waals surface area (Å²) in [7, 11) is 0. The Morgan fingerprint density at radius 3 is 2.78 bits per heavy atom. The molecule has 0 atom stereocenters. The van der Waals surface area contributed by atoms with E-state index in [1.807, 2.05) is 0 Å². The number of nitrogens with one attached hydrogen (secondary N) is 1. The summed E-state index contributed by atoms with van der Waals surface area (Å²) in [5.74, 6) is -0.295. The van der Waals surface area contributed by atoms with E-state index in [9.17, 15) is 4.79 Å². The maximum atomic E-state index is 11.9. The van der Waals surface area contributed by atoms with Gasteiger partial charge in [0.1, 0.15) is 21.6 Å². The van der Waals surface area contributed by atoms with Gasteiger partial charge in [-0.1, -0.05) is 29.3 Å². The van der Waals surface area contributed by atoms with E-state index in [4.69, 9.17) is 23.2 Å². The normalized spacial score (nSPS) is 10.2. The van der Waals surface area contributed by atoms with Gasteiger partial charge in [0, 0.05) is 0 Å². The number of pyridine rings is 1. The molecule has 2 aromatic rings. The van der Waals surface area contributed by atoms with Crippen molar-refractivity contribution >= 4 is 50.9 Å². The molecule has 0 saturated carbocycles. The number of rotatable bonds is 2. The molecule has 18 heavy (non-hydrogen) atoms. The molecule has 92 valence electrons. The molecule has 0 aliphatic heterocycles. The summed E-state index contributed by atoms with van der Waals surface area (Å²) in [6.07, 6.45) is 1.21. The van der Waals surface area contributed by atoms with Gasteiger partial charge >= 0.3 is 0 Å². The fraction of sp³-hybridized carbons (Fsp3) is 0. The average Bonchev–Trinajstić information content (AvgIpc) is 2.35. The van der Waals surface area contributed by atoms with Crippen LogP contribution in [0.25, 0.3) is 0 Å². The predicted octanol–water partition coefficient (Wildman–Crippen LogP) is 3.19. The van der Waals surface area contributed by atoms with Crippen molar-refractivity contribution in [1.29, 1.82) is 0 Å². The summed E-state index contributed by atoms with van der Waals surface area (Å²) in [6.45, 7) is 0. The van der Waals surface area contributed by atoms with Crippen LogP contribution in [0.2, 0.25) is 10.2 Å². The molecule has 0 saturated heterocycles. The molecule has 0 radical (unpaired) electrons. The van der Waals surface area contributed by atoms with Crippen LogP contribution in [0.15, 0.2) is 29.1 Å². The molecule has 2 rings (SSSR count). The lowest BCUT2D eigenvalue weighted by atomic mass is 10.3. The fourth-order valence-corrected chi connectivity index (χ4v) is 1.76. The van der Waals surface area contributed by atoms with Crippen molar-refractivity contribution in [3.05, 3.63) is 45.0 Å². The molecule has 0 fully saturated rings. The first kappa shape index (κ1) is 13.2. The first-order chi connectivity index (χ1) is 8.58. The zero-order valence-corrected chi connectivity index (χ0v) is 11.8. The van der Waals surface area contributed by atoms with Gasteiger partial charge in [-0.3, -0.25) is 4.79 Å². The predicted molar refractivity (Wildman–Crippen MR) is 71.9 cm³/mol. The van der Waals surface area contributed by atoms with Crippen molar-refractivity contribution in [3.63, 3.8) is 0 Å². The third-order valence-electron chi connectivity index (χ3n) is 1.93. The number of halogens is 3. The zero-order valence-electron chi connectivity index (χ0n) is 8.69. The number of nitrogens with zero attached hydrogens (tertiary/aromatic N) is 3. The van der Waals surface area contributed by atoms with Crippen LogP contribution < -0.4 is 5.32 Å². The van der Waals surface area contributed by atoms with Gasteiger partial charge in [-0.15, -0.1) is 0 Å². The highest BCUT2D eigenvalue weighted by Gasteiger charge is 2.13. The minimum Gasteiger partial charge on any atom is -0.304 e. The molecule has 8 heteroatoms. The first-order valence-electron chi connectivity index (χ1n) is 4.68. The lowest BCUT2D eigenvalue weighted by Crippen LogP contribution is -2.15. The average molecular weight is 348 g/mol. The van der Waals surface area contributed by atoms with Crippen LogP contribution in [0.5, 0.6) is 0 Å². The Hall–Kier alpha value is -1.24. The molecule has 0 unspecified atom stereocenters. The lowest BCUT2D eigenvalue weighted by Gasteiger charge is -2.06. The van der Waals surface area contributed by atoms with E-state index in [0.717, 1.165) is 0 Å². The van der Waals surface area contributed by atoms with Crippen LogP contribution >= 0.6 is 39.1 Å². The van der Waals surface area contributed by atoms with Crippen LogP contribution in [0, 0.1) is 0 Å². The summed E-state index contributed by atoms with van der Waals surface area (Å²) in [6, 6.07) is 4.97. The Labute approximate surface area is 121 Å². The standard InChI is InChI=1S/C10H5BrCl2N4O/c11-6-3-1-2-5(16-6)10(18)17-9-7(12)8(13)14-4-15-9/h1-4H,(H,14,15,17,18). The van der Waals surface area contributed by atoms with Gasteiger partial charge in [0.05, 0.1) is 0 Å². The van der Waals surface area contributed by atoms with Gasteiger partial charge in [-0.25, -0.2) is 15.0 Å². The summed E-state index contributed by atoms with van der Waals surface area (Å²) in [4.78, 5) is 23.4. The number of aromatic nitrogens is 3. The number of carbonyl (C=O) groups is 1. The molecule has 1 N–H and O–H groups in total. The molecule has 0 aliphatic carbocycles. The molecule has 2 heterocycles. The molecule has 0 aromatic carbocycles. The number of carbonyl (C=O) groups excluding carboxylic acids is 1. The molecule has 1 amide bonds. The second-order valence-electron chi connectivity index (χ2n) is 3.13. The zero-order chi connectivity index (χ0) is 13.1. The topological polar surface area (TPSA) is 67.8 Å². The smallest absolute Gasteiger partial charge is 0.275 e. The minimum absolute atomic E-state index is 0.0733. The SMILES string of the molecule is O=C(Nc1ncnc(Cl)c1Cl)c1cccc(Br)n1. The Morgan fingerprint density at radius 2 is 2.06 bits per heavy atom. The van der Waals surface area contributed by atoms with Crippen molar-refractivity contribution in [2.45, 2.75) is 0 Å². The minimum atomic E-state index is -0.437. The number of hydrogen-bond donors (Lipinski definition) is 1. The molecular formula is C10H5BrCl2N4O. The van der Waals surface area contributed by atoms with Crippen LogP contribution in [0.1, 0.15) is 10.5 Å². The summed E-state index contributed by atoms with van der Waals surface area (Å²) < 4.78 is 0.557. The van der Waals surface area contributed by atoms with Gasteiger partial charge in [0.15, 0.2) is 11.0 Å². The van der Waals surface area contributed by atoms with E-state index in [0.29, 0.717) is 4.60 Å². The van der Waals surface area contributed by atoms with E-state index >= 15 is 0 Å². The molecule has 2 aromatic heterocycles. The second kappa shape index (κ2) is 5.60. The van der Waals surface area contributed by atoms with Crippen molar-refractivity contribution in [1.82, 2.24) is 15.0 Å². The van der Waals surface area contributed by atoms with Gasteiger partial charge < -0.3 is 5.32 Å². The highest BCUT2D eigenvalue weighted by molar-refractivity contribution is 9.10. The van der Waals surface area contributed by atoms with Crippen LogP contribution in [-0.4, -0.2) is 20.9 Å². The highest BCUT2D eigenvalue weighted by Crippen LogP contribution is 2.25. The Balaban J connectivity index is 2.24. The van der Waals surface area contributed by atoms with E-state index in [1.165, 1.54) is 6.33 Å². The summed E-state index contributed by atoms with van der Waals surface area (Å²) in [5, 5.41) is 2.66. The van der Waals surface area contributed by atoms with E-state index in [2.05, 4.69) is 36.2 Å². The van der Waals surface area contributed by atoms with Crippen LogP contribution in [-0.2, 0) is 0 Å². The highest BCUT2D eigenvalue weighted by atomic mass is 79.9. The number of anilines is 1. The fourth-order valence-electron chi connectivity index (χ4n) is 1.14. The Bertz CT molecular complexity index is 608. The molecule has 5 nitrogen and oxygen atoms in total. The van der Waals surface area contributed by atoms with Crippen molar-refractivity contribution < 1.29 is 4.79 Å². The molecular weight excluding hydrogens is 343 g/mol. The van der Waals surface area contributed by atoms with Crippen molar-refractivity contribution in [2.24, 2.45) is 0 Å². The maximum absolute atomic E-state index is 11.9. The van der Waals surface area contributed by atoms with E-state index < -0.39 is 5.91 Å². The summed E-state index contributed by atoms with van der Waals surface area (Å²) in [5.41, 5.74) is 0.232. The third-order valence-corrected chi connectivity index (χ3v) is 3.11. The quantitative estimate of drug-likeness (QED) is 0.669. The third kappa shape index (κ3) is 2.95. The number of hydrogen-bond acceptors (Lipinski definition) is 4. The lowest BCUT2D eigenvalue weighted by molar-refractivity contribution is 0.102. The van der Waals surface area contributed by atoms with Crippen molar-refractivity contribution in [2.75, 3.05) is 5.32 Å². The maximum Gasteiger partial charge on any atom is 0.275 e. The van der Waals surface area contributed by atoms with E-state index in [-0.39, 0.29) is 21.7 Å². The van der Waals surface area contributed by atoms with Crippen LogP contribution in [0.4, 0.5) is 5.82 Å². The van der Waals surface area contributed by atoms with Gasteiger partial charge in [-0.05, 0) is 28.1 Å². The van der Waals surface area contributed by atoms with E-state index in [1.54, 1.807) is 18.2 Å². The number of amides is 1. The first-order valence-corrected chi connectivity index (χ1v) is 6.22. The second-order valence-corrected chi connectivity index (χ2v) is 4.68. The van der Waals surface area contributed by atoms with Gasteiger partial charge in [-0.2, -0.15) is 0 Å². The Morgan fingerprint density at radius 1 is 1.28 bits per heavy atom.